The number of hydrogen-bond donors (Lipinski definition) is 3. The number of benzene rings is 2. The zero-order chi connectivity index (χ0) is 21.0. The van der Waals surface area contributed by atoms with Gasteiger partial charge in [-0.1, -0.05) is 42.5 Å². The summed E-state index contributed by atoms with van der Waals surface area (Å²) in [7, 11) is 0. The fourth-order valence-electron chi connectivity index (χ4n) is 4.31. The Morgan fingerprint density at radius 1 is 1.00 bits per heavy atom. The summed E-state index contributed by atoms with van der Waals surface area (Å²) in [6.07, 6.45) is -4.61. The van der Waals surface area contributed by atoms with E-state index in [0.717, 1.165) is 12.1 Å². The Balaban J connectivity index is 1.89. The van der Waals surface area contributed by atoms with Crippen molar-refractivity contribution in [2.75, 3.05) is 0 Å². The molecule has 2 aromatic carbocycles. The molecule has 9 heteroatoms. The summed E-state index contributed by atoms with van der Waals surface area (Å²) in [5.74, 6) is -5.35. The van der Waals surface area contributed by atoms with E-state index in [1.165, 1.54) is 24.3 Å². The molecule has 4 unspecified atom stereocenters. The van der Waals surface area contributed by atoms with Gasteiger partial charge in [0.1, 0.15) is 0 Å². The lowest BCUT2D eigenvalue weighted by molar-refractivity contribution is -0.149. The quantitative estimate of drug-likeness (QED) is 0.682. The van der Waals surface area contributed by atoms with Crippen molar-refractivity contribution in [1.29, 1.82) is 0 Å². The second kappa shape index (κ2) is 6.41. The first-order chi connectivity index (χ1) is 13.7. The SMILES string of the molecule is O=C1NC(=O)C2C1C(c1cccc(C(F)(F)F)c1)NC2(C(=O)O)c1ccccc1. The predicted octanol–water partition coefficient (Wildman–Crippen LogP) is 2.22. The normalized spacial score (nSPS) is 28.9. The average molecular weight is 404 g/mol. The van der Waals surface area contributed by atoms with E-state index in [1.54, 1.807) is 18.2 Å². The molecule has 6 nitrogen and oxygen atoms in total. The van der Waals surface area contributed by atoms with E-state index in [9.17, 15) is 32.7 Å². The van der Waals surface area contributed by atoms with Crippen LogP contribution < -0.4 is 10.6 Å². The van der Waals surface area contributed by atoms with E-state index < -0.39 is 52.9 Å². The van der Waals surface area contributed by atoms with Crippen LogP contribution in [0.15, 0.2) is 54.6 Å². The summed E-state index contributed by atoms with van der Waals surface area (Å²) < 4.78 is 39.5. The number of carbonyl (C=O) groups is 3. The van der Waals surface area contributed by atoms with Crippen molar-refractivity contribution in [3.63, 3.8) is 0 Å². The van der Waals surface area contributed by atoms with Gasteiger partial charge in [-0.2, -0.15) is 13.2 Å². The molecule has 0 aromatic heterocycles. The Bertz CT molecular complexity index is 1010. The molecule has 150 valence electrons. The first-order valence-electron chi connectivity index (χ1n) is 8.75. The van der Waals surface area contributed by atoms with Crippen molar-refractivity contribution in [1.82, 2.24) is 10.6 Å². The van der Waals surface area contributed by atoms with Gasteiger partial charge in [0, 0.05) is 6.04 Å². The van der Waals surface area contributed by atoms with E-state index in [1.807, 2.05) is 0 Å². The van der Waals surface area contributed by atoms with Crippen molar-refractivity contribution in [3.05, 3.63) is 71.3 Å². The van der Waals surface area contributed by atoms with Crippen LogP contribution in [0.4, 0.5) is 13.2 Å². The van der Waals surface area contributed by atoms with Crippen LogP contribution in [0.5, 0.6) is 0 Å². The molecule has 2 aromatic rings. The van der Waals surface area contributed by atoms with Crippen LogP contribution in [0.1, 0.15) is 22.7 Å². The number of alkyl halides is 3. The third kappa shape index (κ3) is 2.80. The first-order valence-corrected chi connectivity index (χ1v) is 8.75. The van der Waals surface area contributed by atoms with Gasteiger partial charge in [0.25, 0.3) is 0 Å². The van der Waals surface area contributed by atoms with E-state index in [2.05, 4.69) is 10.6 Å². The van der Waals surface area contributed by atoms with Crippen LogP contribution >= 0.6 is 0 Å². The highest BCUT2D eigenvalue weighted by atomic mass is 19.4. The molecular formula is C20H15F3N2O4. The van der Waals surface area contributed by atoms with Crippen molar-refractivity contribution in [2.24, 2.45) is 11.8 Å². The molecule has 3 N–H and O–H groups in total. The highest BCUT2D eigenvalue weighted by Gasteiger charge is 2.67. The summed E-state index contributed by atoms with van der Waals surface area (Å²) in [6.45, 7) is 0. The monoisotopic (exact) mass is 404 g/mol. The van der Waals surface area contributed by atoms with E-state index in [-0.39, 0.29) is 11.1 Å². The van der Waals surface area contributed by atoms with Crippen LogP contribution in [0, 0.1) is 11.8 Å². The van der Waals surface area contributed by atoms with Crippen LogP contribution in [-0.4, -0.2) is 22.9 Å². The molecule has 2 saturated heterocycles. The third-order valence-electron chi connectivity index (χ3n) is 5.54. The standard InChI is InChI=1S/C20H15F3N2O4/c21-20(22,23)12-8-4-5-10(9-12)15-13-14(17(27)24-16(13)26)19(25-15,18(28)29)11-6-2-1-3-7-11/h1-9,13-15,25H,(H,28,29)(H,24,26,27). The topological polar surface area (TPSA) is 95.5 Å². The number of rotatable bonds is 3. The Labute approximate surface area is 162 Å². The van der Waals surface area contributed by atoms with Gasteiger partial charge in [-0.3, -0.25) is 20.2 Å². The lowest BCUT2D eigenvalue weighted by Gasteiger charge is -2.30. The minimum absolute atomic E-state index is 0.0822. The third-order valence-corrected chi connectivity index (χ3v) is 5.54. The average Bonchev–Trinajstić information content (AvgIpc) is 3.19. The zero-order valence-electron chi connectivity index (χ0n) is 14.7. The molecule has 2 aliphatic rings. The van der Waals surface area contributed by atoms with Crippen molar-refractivity contribution < 1.29 is 32.7 Å². The zero-order valence-corrected chi connectivity index (χ0v) is 14.7. The first kappa shape index (κ1) is 19.1. The molecule has 4 atom stereocenters. The number of nitrogens with one attached hydrogen (secondary N) is 2. The van der Waals surface area contributed by atoms with Crippen molar-refractivity contribution in [3.8, 4) is 0 Å². The van der Waals surface area contributed by atoms with Crippen molar-refractivity contribution in [2.45, 2.75) is 17.8 Å². The summed E-state index contributed by atoms with van der Waals surface area (Å²) in [5.41, 5.74) is -2.56. The van der Waals surface area contributed by atoms with E-state index in [4.69, 9.17) is 0 Å². The number of carboxylic acid groups (broad SMARTS) is 1. The van der Waals surface area contributed by atoms with Crippen LogP contribution in [0.2, 0.25) is 0 Å². The molecule has 29 heavy (non-hydrogen) atoms. The van der Waals surface area contributed by atoms with E-state index in [0.29, 0.717) is 0 Å². The lowest BCUT2D eigenvalue weighted by atomic mass is 9.75. The number of aliphatic carboxylic acids is 1. The highest BCUT2D eigenvalue weighted by molar-refractivity contribution is 6.09. The largest absolute Gasteiger partial charge is 0.480 e. The van der Waals surface area contributed by atoms with Crippen LogP contribution in [0.25, 0.3) is 0 Å². The minimum Gasteiger partial charge on any atom is -0.480 e. The number of carboxylic acids is 1. The van der Waals surface area contributed by atoms with Gasteiger partial charge in [-0.05, 0) is 23.3 Å². The molecular weight excluding hydrogens is 389 g/mol. The Morgan fingerprint density at radius 2 is 1.69 bits per heavy atom. The summed E-state index contributed by atoms with van der Waals surface area (Å²) in [5, 5.41) is 15.1. The molecule has 0 radical (unpaired) electrons. The maximum Gasteiger partial charge on any atom is 0.416 e. The van der Waals surface area contributed by atoms with E-state index >= 15 is 0 Å². The number of hydrogen-bond acceptors (Lipinski definition) is 4. The van der Waals surface area contributed by atoms with Crippen LogP contribution in [0.3, 0.4) is 0 Å². The summed E-state index contributed by atoms with van der Waals surface area (Å²) in [6, 6.07) is 11.1. The number of imide groups is 1. The molecule has 4 rings (SSSR count). The predicted molar refractivity (Wildman–Crippen MR) is 93.2 cm³/mol. The number of amides is 2. The maximum atomic E-state index is 13.2. The molecule has 0 bridgehead atoms. The maximum absolute atomic E-state index is 13.2. The molecule has 2 heterocycles. The molecule has 2 aliphatic heterocycles. The molecule has 0 spiro atoms. The second-order valence-electron chi connectivity index (χ2n) is 7.08. The summed E-state index contributed by atoms with van der Waals surface area (Å²) in [4.78, 5) is 37.4. The number of fused-ring (bicyclic) bond motifs is 1. The number of halogens is 3. The van der Waals surface area contributed by atoms with Crippen molar-refractivity contribution >= 4 is 17.8 Å². The fourth-order valence-corrected chi connectivity index (χ4v) is 4.31. The molecule has 2 fully saturated rings. The van der Waals surface area contributed by atoms with Gasteiger partial charge >= 0.3 is 12.1 Å². The Morgan fingerprint density at radius 3 is 2.31 bits per heavy atom. The van der Waals surface area contributed by atoms with Gasteiger partial charge in [0.15, 0.2) is 5.54 Å². The lowest BCUT2D eigenvalue weighted by Crippen LogP contribution is -2.52. The Kier molecular flexibility index (Phi) is 4.23. The van der Waals surface area contributed by atoms with Gasteiger partial charge in [0.2, 0.25) is 11.8 Å². The fraction of sp³-hybridized carbons (Fsp3) is 0.250. The molecule has 0 aliphatic carbocycles. The second-order valence-corrected chi connectivity index (χ2v) is 7.08. The van der Waals surface area contributed by atoms with Gasteiger partial charge < -0.3 is 5.11 Å². The summed E-state index contributed by atoms with van der Waals surface area (Å²) >= 11 is 0. The molecule has 2 amide bonds. The van der Waals surface area contributed by atoms with Crippen LogP contribution in [-0.2, 0) is 26.1 Å². The minimum atomic E-state index is -4.61. The van der Waals surface area contributed by atoms with Gasteiger partial charge in [-0.25, -0.2) is 4.79 Å². The smallest absolute Gasteiger partial charge is 0.416 e. The highest BCUT2D eigenvalue weighted by Crippen LogP contribution is 2.51. The van der Waals surface area contributed by atoms with Gasteiger partial charge in [0.05, 0.1) is 17.4 Å². The number of carbonyl (C=O) groups excluding carboxylic acids is 2. The Hall–Kier alpha value is -3.20. The molecule has 0 saturated carbocycles. The van der Waals surface area contributed by atoms with Gasteiger partial charge in [-0.15, -0.1) is 0 Å².